The monoisotopic (exact) mass is 615 g/mol. The minimum absolute atomic E-state index is 0.0603. The molecule has 0 spiro atoms. The maximum atomic E-state index is 13.8. The van der Waals surface area contributed by atoms with Gasteiger partial charge in [-0.05, 0) is 74.4 Å². The van der Waals surface area contributed by atoms with E-state index in [-0.39, 0.29) is 23.8 Å². The highest BCUT2D eigenvalue weighted by Crippen LogP contribution is 2.46. The molecule has 9 nitrogen and oxygen atoms in total. The lowest BCUT2D eigenvalue weighted by atomic mass is 9.89. The van der Waals surface area contributed by atoms with Crippen LogP contribution in [0.5, 0.6) is 17.2 Å². The summed E-state index contributed by atoms with van der Waals surface area (Å²) in [5, 5.41) is 10.9. The molecule has 1 saturated carbocycles. The second-order valence-corrected chi connectivity index (χ2v) is 12.5. The Morgan fingerprint density at radius 2 is 1.64 bits per heavy atom. The zero-order chi connectivity index (χ0) is 31.7. The Hall–Kier alpha value is -3.98. The summed E-state index contributed by atoms with van der Waals surface area (Å²) < 4.78 is 18.9. The van der Waals surface area contributed by atoms with E-state index in [2.05, 4.69) is 9.47 Å². The smallest absolute Gasteiger partial charge is 0.340 e. The predicted octanol–water partition coefficient (Wildman–Crippen LogP) is 5.92. The summed E-state index contributed by atoms with van der Waals surface area (Å²) in [6.07, 6.45) is 7.39. The fourth-order valence-electron chi connectivity index (χ4n) is 7.53. The van der Waals surface area contributed by atoms with Crippen molar-refractivity contribution in [3.63, 3.8) is 0 Å². The Labute approximate surface area is 265 Å². The molecule has 0 bridgehead atoms. The number of nitrogens with zero attached hydrogens (tertiary/aromatic N) is 3. The number of hydrogen-bond donors (Lipinski definition) is 1. The highest BCUT2D eigenvalue weighted by Gasteiger charge is 2.33. The Morgan fingerprint density at radius 3 is 2.33 bits per heavy atom. The van der Waals surface area contributed by atoms with Gasteiger partial charge in [0.15, 0.2) is 11.5 Å². The van der Waals surface area contributed by atoms with Gasteiger partial charge in [0.25, 0.3) is 5.91 Å². The molecule has 240 valence electrons. The van der Waals surface area contributed by atoms with Gasteiger partial charge in [-0.1, -0.05) is 25.3 Å². The number of phenols is 1. The van der Waals surface area contributed by atoms with Crippen LogP contribution in [0.2, 0.25) is 0 Å². The van der Waals surface area contributed by atoms with Crippen LogP contribution in [-0.2, 0) is 17.7 Å². The minimum atomic E-state index is -0.429. The molecular formula is C36H45N3O6. The molecular weight excluding hydrogens is 570 g/mol. The fraction of sp³-hybridized carbons (Fsp3) is 0.500. The molecule has 2 fully saturated rings. The summed E-state index contributed by atoms with van der Waals surface area (Å²) >= 11 is 0. The maximum absolute atomic E-state index is 13.8. The van der Waals surface area contributed by atoms with Crippen LogP contribution < -0.4 is 9.47 Å². The van der Waals surface area contributed by atoms with Crippen LogP contribution in [-0.4, -0.2) is 84.9 Å². The van der Waals surface area contributed by atoms with Crippen LogP contribution >= 0.6 is 0 Å². The van der Waals surface area contributed by atoms with E-state index in [0.29, 0.717) is 47.8 Å². The first kappa shape index (κ1) is 31.0. The van der Waals surface area contributed by atoms with Gasteiger partial charge in [-0.25, -0.2) is 4.79 Å². The number of methoxy groups -OCH3 is 2. The number of aryl methyl sites for hydroxylation is 1. The highest BCUT2D eigenvalue weighted by molar-refractivity contribution is 6.06. The Balaban J connectivity index is 1.34. The molecule has 3 heterocycles. The lowest BCUT2D eigenvalue weighted by Crippen LogP contribution is -2.49. The molecule has 9 heteroatoms. The summed E-state index contributed by atoms with van der Waals surface area (Å²) in [6, 6.07) is 8.97. The average molecular weight is 616 g/mol. The van der Waals surface area contributed by atoms with Gasteiger partial charge in [-0.3, -0.25) is 9.69 Å². The summed E-state index contributed by atoms with van der Waals surface area (Å²) in [5.74, 6) is 1.31. The molecule has 1 saturated heterocycles. The number of amides is 1. The Morgan fingerprint density at radius 1 is 0.933 bits per heavy atom. The predicted molar refractivity (Wildman–Crippen MR) is 173 cm³/mol. The van der Waals surface area contributed by atoms with Crippen molar-refractivity contribution in [2.75, 3.05) is 53.6 Å². The third kappa shape index (κ3) is 5.90. The number of benzene rings is 2. The number of piperazine rings is 1. The van der Waals surface area contributed by atoms with E-state index < -0.39 is 5.97 Å². The SMILES string of the molecule is CCOC(=O)c1c(-c2ccc(O)c(C(=O)N3CCN(CC4CCCCC4)CC3)c2)c(C)n2c1-c1cc(OC)c(OC)cc1CC2. The minimum Gasteiger partial charge on any atom is -0.507 e. The largest absolute Gasteiger partial charge is 0.507 e. The quantitative estimate of drug-likeness (QED) is 0.314. The van der Waals surface area contributed by atoms with E-state index >= 15 is 0 Å². The molecule has 1 N–H and O–H groups in total. The molecule has 1 aromatic heterocycles. The van der Waals surface area contributed by atoms with Crippen LogP contribution in [0, 0.1) is 12.8 Å². The number of phenolic OH excluding ortho intramolecular Hbond substituents is 1. The molecule has 1 amide bonds. The van der Waals surface area contributed by atoms with Gasteiger partial charge in [0.2, 0.25) is 0 Å². The van der Waals surface area contributed by atoms with Gasteiger partial charge in [0.1, 0.15) is 5.75 Å². The number of hydrogen-bond acceptors (Lipinski definition) is 7. The standard InChI is InChI=1S/C36H45N3O6/c1-5-45-36(42)33-32(23(2)39-14-13-25-20-30(43-3)31(44-4)21-27(25)34(33)39)26-11-12-29(40)28(19-26)35(41)38-17-15-37(16-18-38)22-24-9-7-6-8-10-24/h11-12,19-21,24,40H,5-10,13-18,22H2,1-4H3. The van der Waals surface area contributed by atoms with Crippen molar-refractivity contribution in [3.05, 3.63) is 52.7 Å². The summed E-state index contributed by atoms with van der Waals surface area (Å²) in [7, 11) is 3.21. The second-order valence-electron chi connectivity index (χ2n) is 12.5. The lowest BCUT2D eigenvalue weighted by Gasteiger charge is -2.37. The molecule has 2 aromatic carbocycles. The van der Waals surface area contributed by atoms with Crippen LogP contribution in [0.1, 0.15) is 71.0 Å². The number of carbonyl (C=O) groups is 2. The number of aromatic nitrogens is 1. The molecule has 6 rings (SSSR count). The summed E-state index contributed by atoms with van der Waals surface area (Å²) in [5.41, 5.74) is 5.69. The van der Waals surface area contributed by atoms with Crippen molar-refractivity contribution in [1.29, 1.82) is 0 Å². The number of fused-ring (bicyclic) bond motifs is 3. The van der Waals surface area contributed by atoms with E-state index in [1.807, 2.05) is 24.0 Å². The van der Waals surface area contributed by atoms with Crippen LogP contribution in [0.25, 0.3) is 22.4 Å². The van der Waals surface area contributed by atoms with Gasteiger partial charge in [-0.15, -0.1) is 0 Å². The molecule has 45 heavy (non-hydrogen) atoms. The first-order valence-electron chi connectivity index (χ1n) is 16.3. The molecule has 2 aliphatic heterocycles. The van der Waals surface area contributed by atoms with Crippen molar-refractivity contribution in [2.45, 2.75) is 58.9 Å². The molecule has 3 aliphatic rings. The number of rotatable bonds is 8. The van der Waals surface area contributed by atoms with Crippen molar-refractivity contribution < 1.29 is 28.9 Å². The van der Waals surface area contributed by atoms with E-state index in [0.717, 1.165) is 54.5 Å². The van der Waals surface area contributed by atoms with Crippen LogP contribution in [0.4, 0.5) is 0 Å². The van der Waals surface area contributed by atoms with Gasteiger partial charge in [0.05, 0.1) is 37.6 Å². The Bertz CT molecular complexity index is 1580. The highest BCUT2D eigenvalue weighted by atomic mass is 16.5. The molecule has 0 atom stereocenters. The summed E-state index contributed by atoms with van der Waals surface area (Å²) in [4.78, 5) is 31.8. The Kier molecular flexibility index (Phi) is 9.08. The van der Waals surface area contributed by atoms with Gasteiger partial charge in [-0.2, -0.15) is 0 Å². The number of aromatic hydroxyl groups is 1. The van der Waals surface area contributed by atoms with Crippen LogP contribution in [0.3, 0.4) is 0 Å². The van der Waals surface area contributed by atoms with E-state index in [9.17, 15) is 14.7 Å². The van der Waals surface area contributed by atoms with E-state index in [1.54, 1.807) is 39.3 Å². The van der Waals surface area contributed by atoms with E-state index in [1.165, 1.54) is 32.1 Å². The number of ether oxygens (including phenoxy) is 3. The number of esters is 1. The second kappa shape index (κ2) is 13.2. The first-order valence-corrected chi connectivity index (χ1v) is 16.3. The fourth-order valence-corrected chi connectivity index (χ4v) is 7.53. The van der Waals surface area contributed by atoms with E-state index in [4.69, 9.17) is 14.2 Å². The average Bonchev–Trinajstić information content (AvgIpc) is 3.37. The zero-order valence-corrected chi connectivity index (χ0v) is 27.0. The van der Waals surface area contributed by atoms with Crippen LogP contribution in [0.15, 0.2) is 30.3 Å². The lowest BCUT2D eigenvalue weighted by molar-refractivity contribution is 0.0527. The zero-order valence-electron chi connectivity index (χ0n) is 27.0. The van der Waals surface area contributed by atoms with Crippen molar-refractivity contribution in [3.8, 4) is 39.6 Å². The topological polar surface area (TPSA) is 93.5 Å². The third-order valence-electron chi connectivity index (χ3n) is 9.89. The normalized spacial score (nSPS) is 17.0. The van der Waals surface area contributed by atoms with Gasteiger partial charge >= 0.3 is 5.97 Å². The third-order valence-corrected chi connectivity index (χ3v) is 9.89. The maximum Gasteiger partial charge on any atom is 0.340 e. The van der Waals surface area contributed by atoms with Crippen molar-refractivity contribution in [2.24, 2.45) is 5.92 Å². The molecule has 3 aromatic rings. The first-order chi connectivity index (χ1) is 21.8. The molecule has 0 unspecified atom stereocenters. The summed E-state index contributed by atoms with van der Waals surface area (Å²) in [6.45, 7) is 8.74. The number of carbonyl (C=O) groups excluding carboxylic acids is 2. The molecule has 0 radical (unpaired) electrons. The van der Waals surface area contributed by atoms with Crippen molar-refractivity contribution in [1.82, 2.24) is 14.4 Å². The molecule has 1 aliphatic carbocycles. The van der Waals surface area contributed by atoms with Gasteiger partial charge in [0, 0.05) is 56.1 Å². The van der Waals surface area contributed by atoms with Gasteiger partial charge < -0.3 is 28.8 Å². The van der Waals surface area contributed by atoms with Crippen molar-refractivity contribution >= 4 is 11.9 Å².